The number of nitrogens with zero attached hydrogens (tertiary/aromatic N) is 2. The minimum atomic E-state index is -4.62. The molecule has 1 amide bonds. The maximum atomic E-state index is 13.0. The number of ether oxygens (including phenoxy) is 1. The maximum Gasteiger partial charge on any atom is 0.416 e. The number of phenols is 1. The van der Waals surface area contributed by atoms with Gasteiger partial charge in [-0.05, 0) is 36.5 Å². The lowest BCUT2D eigenvalue weighted by Gasteiger charge is -2.15. The third-order valence-corrected chi connectivity index (χ3v) is 6.08. The van der Waals surface area contributed by atoms with E-state index in [9.17, 15) is 23.1 Å². The Kier molecular flexibility index (Phi) is 5.91. The van der Waals surface area contributed by atoms with Crippen molar-refractivity contribution in [3.05, 3.63) is 45.2 Å². The van der Waals surface area contributed by atoms with Crippen LogP contribution >= 0.6 is 11.3 Å². The maximum absolute atomic E-state index is 13.0. The van der Waals surface area contributed by atoms with Crippen LogP contribution in [0.4, 0.5) is 13.2 Å². The second-order valence-corrected chi connectivity index (χ2v) is 9.07. The summed E-state index contributed by atoms with van der Waals surface area (Å²) in [5, 5.41) is 9.91. The molecule has 0 radical (unpaired) electrons. The highest BCUT2D eigenvalue weighted by Crippen LogP contribution is 2.32. The number of thiazole rings is 1. The number of phenolic OH excluding ortho intramolecular Hbond substituents is 1. The lowest BCUT2D eigenvalue weighted by Crippen LogP contribution is -2.23. The molecule has 0 aliphatic carbocycles. The van der Waals surface area contributed by atoms with E-state index in [2.05, 4.69) is 4.99 Å². The van der Waals surface area contributed by atoms with Crippen molar-refractivity contribution in [1.29, 1.82) is 0 Å². The minimum absolute atomic E-state index is 0.00781. The first-order valence-electron chi connectivity index (χ1n) is 9.27. The molecule has 1 unspecified atom stereocenters. The molecule has 1 N–H and O–H groups in total. The number of carbonyl (C=O) groups excluding carboxylic acids is 1. The van der Waals surface area contributed by atoms with Gasteiger partial charge in [0.15, 0.2) is 4.80 Å². The zero-order chi connectivity index (χ0) is 21.4. The van der Waals surface area contributed by atoms with Gasteiger partial charge in [0.2, 0.25) is 0 Å². The van der Waals surface area contributed by atoms with E-state index >= 15 is 0 Å². The van der Waals surface area contributed by atoms with Gasteiger partial charge in [0, 0.05) is 17.7 Å². The molecule has 9 heteroatoms. The Labute approximate surface area is 170 Å². The summed E-state index contributed by atoms with van der Waals surface area (Å²) < 4.78 is 46.4. The molecule has 1 aromatic heterocycles. The van der Waals surface area contributed by atoms with Crippen molar-refractivity contribution in [1.82, 2.24) is 4.57 Å². The normalized spacial score (nSPS) is 18.4. The lowest BCUT2D eigenvalue weighted by atomic mass is 9.95. The number of benzene rings is 1. The van der Waals surface area contributed by atoms with Crippen LogP contribution in [0.2, 0.25) is 0 Å². The van der Waals surface area contributed by atoms with Crippen LogP contribution in [0, 0.1) is 0 Å². The van der Waals surface area contributed by atoms with E-state index in [1.165, 1.54) is 11.3 Å². The van der Waals surface area contributed by atoms with Gasteiger partial charge in [-0.15, -0.1) is 11.3 Å². The van der Waals surface area contributed by atoms with E-state index in [1.54, 1.807) is 0 Å². The fourth-order valence-electron chi connectivity index (χ4n) is 2.98. The highest BCUT2D eigenvalue weighted by molar-refractivity contribution is 7.09. The molecule has 5 nitrogen and oxygen atoms in total. The molecule has 2 heterocycles. The Balaban J connectivity index is 2.02. The van der Waals surface area contributed by atoms with Crippen molar-refractivity contribution < 1.29 is 27.8 Å². The SMILES string of the molecule is CC(C)(C)c1cn(CC2CCCO2)c(=NC(=O)c2cc(C(F)(F)F)ccc2O)s1. The summed E-state index contributed by atoms with van der Waals surface area (Å²) in [5.74, 6) is -1.46. The number of halogens is 3. The molecule has 1 saturated heterocycles. The van der Waals surface area contributed by atoms with Gasteiger partial charge >= 0.3 is 6.18 Å². The summed E-state index contributed by atoms with van der Waals surface area (Å²) in [4.78, 5) is 18.0. The molecule has 29 heavy (non-hydrogen) atoms. The first-order chi connectivity index (χ1) is 13.4. The van der Waals surface area contributed by atoms with Crippen LogP contribution in [0.25, 0.3) is 0 Å². The molecular weight excluding hydrogens is 405 g/mol. The summed E-state index contributed by atoms with van der Waals surface area (Å²) in [5.41, 5.74) is -1.67. The van der Waals surface area contributed by atoms with Gasteiger partial charge < -0.3 is 14.4 Å². The van der Waals surface area contributed by atoms with Crippen LogP contribution in [-0.4, -0.2) is 28.3 Å². The second-order valence-electron chi connectivity index (χ2n) is 8.06. The number of hydrogen-bond donors (Lipinski definition) is 1. The molecule has 0 spiro atoms. The van der Waals surface area contributed by atoms with Crippen molar-refractivity contribution in [2.45, 2.75) is 57.9 Å². The Morgan fingerprint density at radius 3 is 2.66 bits per heavy atom. The number of aromatic hydroxyl groups is 1. The first-order valence-corrected chi connectivity index (χ1v) is 10.1. The van der Waals surface area contributed by atoms with Crippen LogP contribution in [0.1, 0.15) is 54.4 Å². The van der Waals surface area contributed by atoms with Crippen molar-refractivity contribution in [3.8, 4) is 5.75 Å². The average molecular weight is 428 g/mol. The van der Waals surface area contributed by atoms with E-state index in [1.807, 2.05) is 31.5 Å². The molecular formula is C20H23F3N2O3S. The van der Waals surface area contributed by atoms with E-state index in [-0.39, 0.29) is 11.5 Å². The molecule has 0 saturated carbocycles. The van der Waals surface area contributed by atoms with E-state index in [0.717, 1.165) is 29.9 Å². The van der Waals surface area contributed by atoms with E-state index < -0.39 is 29.0 Å². The van der Waals surface area contributed by atoms with Crippen molar-refractivity contribution in [2.24, 2.45) is 4.99 Å². The number of carbonyl (C=O) groups is 1. The van der Waals surface area contributed by atoms with Crippen molar-refractivity contribution in [3.63, 3.8) is 0 Å². The highest BCUT2D eigenvalue weighted by atomic mass is 32.1. The lowest BCUT2D eigenvalue weighted by molar-refractivity contribution is -0.137. The van der Waals surface area contributed by atoms with Gasteiger partial charge in [-0.25, -0.2) is 0 Å². The molecule has 1 atom stereocenters. The highest BCUT2D eigenvalue weighted by Gasteiger charge is 2.32. The Bertz CT molecular complexity index is 965. The van der Waals surface area contributed by atoms with Crippen LogP contribution in [0.15, 0.2) is 29.4 Å². The van der Waals surface area contributed by atoms with E-state index in [0.29, 0.717) is 24.0 Å². The molecule has 0 bridgehead atoms. The van der Waals surface area contributed by atoms with Gasteiger partial charge in [-0.3, -0.25) is 4.79 Å². The number of aromatic nitrogens is 1. The van der Waals surface area contributed by atoms with Crippen molar-refractivity contribution >= 4 is 17.2 Å². The first kappa shape index (κ1) is 21.6. The molecule has 2 aromatic rings. The Morgan fingerprint density at radius 1 is 1.34 bits per heavy atom. The summed E-state index contributed by atoms with van der Waals surface area (Å²) >= 11 is 1.30. The Morgan fingerprint density at radius 2 is 2.07 bits per heavy atom. The molecule has 1 aliphatic heterocycles. The largest absolute Gasteiger partial charge is 0.507 e. The van der Waals surface area contributed by atoms with Crippen LogP contribution in [-0.2, 0) is 22.9 Å². The second kappa shape index (κ2) is 7.95. The number of rotatable bonds is 3. The monoisotopic (exact) mass is 428 g/mol. The molecule has 158 valence electrons. The zero-order valence-electron chi connectivity index (χ0n) is 16.4. The molecule has 1 aliphatic rings. The predicted octanol–water partition coefficient (Wildman–Crippen LogP) is 4.49. The summed E-state index contributed by atoms with van der Waals surface area (Å²) in [6, 6.07) is 2.22. The molecule has 3 rings (SSSR count). The number of alkyl halides is 3. The minimum Gasteiger partial charge on any atom is -0.507 e. The number of amides is 1. The van der Waals surface area contributed by atoms with E-state index in [4.69, 9.17) is 4.74 Å². The van der Waals surface area contributed by atoms with Gasteiger partial charge in [-0.1, -0.05) is 20.8 Å². The van der Waals surface area contributed by atoms with Gasteiger partial charge in [0.25, 0.3) is 5.91 Å². The summed E-state index contributed by atoms with van der Waals surface area (Å²) in [6.45, 7) is 7.27. The topological polar surface area (TPSA) is 63.8 Å². The summed E-state index contributed by atoms with van der Waals surface area (Å²) in [6.07, 6.45) is -0.844. The standard InChI is InChI=1S/C20H23F3N2O3S/c1-19(2,3)16-11-25(10-13-5-4-8-28-13)18(29-16)24-17(27)14-9-12(20(21,22)23)6-7-15(14)26/h6-7,9,11,13,26H,4-5,8,10H2,1-3H3. The van der Waals surface area contributed by atoms with Crippen LogP contribution in [0.5, 0.6) is 5.75 Å². The quantitative estimate of drug-likeness (QED) is 0.783. The van der Waals surface area contributed by atoms with Crippen LogP contribution in [0.3, 0.4) is 0 Å². The predicted molar refractivity (Wildman–Crippen MR) is 103 cm³/mol. The van der Waals surface area contributed by atoms with Gasteiger partial charge in [0.05, 0.1) is 23.8 Å². The zero-order valence-corrected chi connectivity index (χ0v) is 17.2. The van der Waals surface area contributed by atoms with Gasteiger partial charge in [0.1, 0.15) is 5.75 Å². The third-order valence-electron chi connectivity index (χ3n) is 4.64. The smallest absolute Gasteiger partial charge is 0.416 e. The van der Waals surface area contributed by atoms with Crippen molar-refractivity contribution in [2.75, 3.05) is 6.61 Å². The Hall–Kier alpha value is -2.13. The average Bonchev–Trinajstić information content (AvgIpc) is 3.24. The molecule has 1 fully saturated rings. The number of hydrogen-bond acceptors (Lipinski definition) is 4. The summed E-state index contributed by atoms with van der Waals surface area (Å²) in [7, 11) is 0. The fourth-order valence-corrected chi connectivity index (χ4v) is 4.04. The fraction of sp³-hybridized carbons (Fsp3) is 0.500. The van der Waals surface area contributed by atoms with Gasteiger partial charge in [-0.2, -0.15) is 18.2 Å². The van der Waals surface area contributed by atoms with Crippen LogP contribution < -0.4 is 4.80 Å². The molecule has 1 aromatic carbocycles. The third kappa shape index (κ3) is 5.08.